The van der Waals surface area contributed by atoms with E-state index in [9.17, 15) is 4.39 Å². The van der Waals surface area contributed by atoms with Gasteiger partial charge in [0.2, 0.25) is 5.95 Å². The third-order valence-corrected chi connectivity index (χ3v) is 2.71. The lowest BCUT2D eigenvalue weighted by Crippen LogP contribution is -2.23. The second-order valence-corrected chi connectivity index (χ2v) is 3.95. The molecule has 0 radical (unpaired) electrons. The van der Waals surface area contributed by atoms with Crippen LogP contribution in [-0.4, -0.2) is 28.3 Å². The molecule has 1 N–H and O–H groups in total. The van der Waals surface area contributed by atoms with Gasteiger partial charge in [-0.3, -0.25) is 0 Å². The summed E-state index contributed by atoms with van der Waals surface area (Å²) in [4.78, 5) is 6.42. The van der Waals surface area contributed by atoms with Crippen LogP contribution in [0.2, 0.25) is 0 Å². The van der Waals surface area contributed by atoms with Crippen molar-refractivity contribution < 1.29 is 4.39 Å². The Morgan fingerprint density at radius 3 is 2.74 bits per heavy atom. The zero-order chi connectivity index (χ0) is 13.7. The van der Waals surface area contributed by atoms with Gasteiger partial charge in [0.25, 0.3) is 0 Å². The molecule has 0 spiro atoms. The number of hydrogen-bond acceptors (Lipinski definition) is 5. The van der Waals surface area contributed by atoms with E-state index in [1.807, 2.05) is 13.8 Å². The molecule has 1 aromatic heterocycles. The fraction of sp³-hybridized carbons (Fsp3) is 0.308. The molecule has 6 heteroatoms. The molecule has 5 nitrogen and oxygen atoms in total. The molecule has 0 aliphatic carbocycles. The average Bonchev–Trinajstić information content (AvgIpc) is 2.41. The van der Waals surface area contributed by atoms with E-state index in [1.165, 1.54) is 12.1 Å². The number of anilines is 3. The Hall–Kier alpha value is -2.24. The molecule has 2 rings (SSSR count). The Labute approximate surface area is 111 Å². The number of hydrogen-bond donors (Lipinski definition) is 1. The maximum atomic E-state index is 13.1. The van der Waals surface area contributed by atoms with E-state index in [4.69, 9.17) is 0 Å². The summed E-state index contributed by atoms with van der Waals surface area (Å²) in [7, 11) is 0. The van der Waals surface area contributed by atoms with Crippen molar-refractivity contribution in [1.29, 1.82) is 0 Å². The van der Waals surface area contributed by atoms with Crippen LogP contribution in [0.15, 0.2) is 30.5 Å². The molecule has 19 heavy (non-hydrogen) atoms. The number of rotatable bonds is 5. The van der Waals surface area contributed by atoms with Crippen LogP contribution >= 0.6 is 0 Å². The van der Waals surface area contributed by atoms with Gasteiger partial charge in [-0.25, -0.2) is 4.39 Å². The Morgan fingerprint density at radius 1 is 1.26 bits per heavy atom. The lowest BCUT2D eigenvalue weighted by atomic mass is 10.3. The van der Waals surface area contributed by atoms with Gasteiger partial charge in [0.1, 0.15) is 5.82 Å². The Kier molecular flexibility index (Phi) is 4.22. The van der Waals surface area contributed by atoms with Crippen LogP contribution in [-0.2, 0) is 0 Å². The Balaban J connectivity index is 2.19. The first-order valence-electron chi connectivity index (χ1n) is 6.20. The minimum Gasteiger partial charge on any atom is -0.356 e. The fourth-order valence-corrected chi connectivity index (χ4v) is 1.74. The molecule has 1 heterocycles. The molecular formula is C13H16FN5. The van der Waals surface area contributed by atoms with Gasteiger partial charge in [0, 0.05) is 18.8 Å². The monoisotopic (exact) mass is 261 g/mol. The third-order valence-electron chi connectivity index (χ3n) is 2.71. The van der Waals surface area contributed by atoms with Crippen LogP contribution in [0.4, 0.5) is 21.8 Å². The lowest BCUT2D eigenvalue weighted by molar-refractivity contribution is 0.628. The maximum absolute atomic E-state index is 13.1. The first kappa shape index (κ1) is 13.2. The number of nitrogens with one attached hydrogen (secondary N) is 1. The molecule has 0 aliphatic rings. The van der Waals surface area contributed by atoms with Crippen molar-refractivity contribution in [3.63, 3.8) is 0 Å². The summed E-state index contributed by atoms with van der Waals surface area (Å²) in [5, 5.41) is 10.7. The summed E-state index contributed by atoms with van der Waals surface area (Å²) in [5.41, 5.74) is 0.596. The van der Waals surface area contributed by atoms with Gasteiger partial charge in [-0.05, 0) is 32.0 Å². The first-order valence-corrected chi connectivity index (χ1v) is 6.20. The summed E-state index contributed by atoms with van der Waals surface area (Å²) < 4.78 is 13.1. The molecule has 0 atom stereocenters. The first-order chi connectivity index (χ1) is 9.22. The average molecular weight is 261 g/mol. The second kappa shape index (κ2) is 6.08. The molecule has 0 fully saturated rings. The highest BCUT2D eigenvalue weighted by molar-refractivity contribution is 5.54. The Morgan fingerprint density at radius 2 is 2.05 bits per heavy atom. The Bertz CT molecular complexity index is 542. The molecule has 0 aliphatic heterocycles. The van der Waals surface area contributed by atoms with Crippen molar-refractivity contribution in [2.75, 3.05) is 23.3 Å². The zero-order valence-electron chi connectivity index (χ0n) is 11.0. The predicted octanol–water partition coefficient (Wildman–Crippen LogP) is 2.60. The summed E-state index contributed by atoms with van der Waals surface area (Å²) in [6.07, 6.45) is 1.61. The normalized spacial score (nSPS) is 10.3. The number of aromatic nitrogens is 3. The largest absolute Gasteiger partial charge is 0.356 e. The van der Waals surface area contributed by atoms with Crippen molar-refractivity contribution in [2.45, 2.75) is 13.8 Å². The van der Waals surface area contributed by atoms with Crippen molar-refractivity contribution in [2.24, 2.45) is 0 Å². The van der Waals surface area contributed by atoms with Gasteiger partial charge in [0.05, 0.1) is 6.20 Å². The van der Waals surface area contributed by atoms with Gasteiger partial charge in [0.15, 0.2) is 5.82 Å². The van der Waals surface area contributed by atoms with Gasteiger partial charge in [-0.1, -0.05) is 6.07 Å². The predicted molar refractivity (Wildman–Crippen MR) is 73.1 cm³/mol. The number of halogens is 1. The number of benzene rings is 1. The molecule has 0 unspecified atom stereocenters. The smallest absolute Gasteiger partial charge is 0.249 e. The van der Waals surface area contributed by atoms with Crippen LogP contribution in [0, 0.1) is 5.82 Å². The lowest BCUT2D eigenvalue weighted by Gasteiger charge is -2.19. The highest BCUT2D eigenvalue weighted by Gasteiger charge is 2.06. The topological polar surface area (TPSA) is 53.9 Å². The summed E-state index contributed by atoms with van der Waals surface area (Å²) >= 11 is 0. The van der Waals surface area contributed by atoms with Gasteiger partial charge >= 0.3 is 0 Å². The molecule has 0 bridgehead atoms. The van der Waals surface area contributed by atoms with E-state index in [2.05, 4.69) is 25.4 Å². The molecule has 100 valence electrons. The van der Waals surface area contributed by atoms with E-state index in [0.29, 0.717) is 11.6 Å². The van der Waals surface area contributed by atoms with Crippen LogP contribution in [0.25, 0.3) is 0 Å². The summed E-state index contributed by atoms with van der Waals surface area (Å²) in [5.74, 6) is 0.798. The van der Waals surface area contributed by atoms with Crippen LogP contribution in [0.1, 0.15) is 13.8 Å². The van der Waals surface area contributed by atoms with E-state index in [0.717, 1.165) is 18.9 Å². The van der Waals surface area contributed by atoms with Crippen LogP contribution < -0.4 is 10.2 Å². The van der Waals surface area contributed by atoms with Gasteiger partial charge < -0.3 is 10.2 Å². The number of nitrogens with zero attached hydrogens (tertiary/aromatic N) is 4. The van der Waals surface area contributed by atoms with Crippen molar-refractivity contribution in [3.8, 4) is 0 Å². The zero-order valence-corrected chi connectivity index (χ0v) is 11.0. The van der Waals surface area contributed by atoms with Crippen LogP contribution in [0.5, 0.6) is 0 Å². The molecule has 0 saturated carbocycles. The summed E-state index contributed by atoms with van der Waals surface area (Å²) in [6, 6.07) is 6.14. The van der Waals surface area contributed by atoms with Crippen molar-refractivity contribution in [3.05, 3.63) is 36.3 Å². The minimum absolute atomic E-state index is 0.308. The van der Waals surface area contributed by atoms with Crippen molar-refractivity contribution >= 4 is 17.5 Å². The summed E-state index contributed by atoms with van der Waals surface area (Å²) in [6.45, 7) is 5.78. The molecule has 0 amide bonds. The quantitative estimate of drug-likeness (QED) is 0.896. The SMILES string of the molecule is CCN(CC)c1cnnc(Nc2cccc(F)c2)n1. The minimum atomic E-state index is -0.308. The molecular weight excluding hydrogens is 245 g/mol. The molecule has 2 aromatic rings. The van der Waals surface area contributed by atoms with Crippen LogP contribution in [0.3, 0.4) is 0 Å². The van der Waals surface area contributed by atoms with E-state index < -0.39 is 0 Å². The highest BCUT2D eigenvalue weighted by Crippen LogP contribution is 2.15. The van der Waals surface area contributed by atoms with Gasteiger partial charge in [-0.2, -0.15) is 10.1 Å². The highest BCUT2D eigenvalue weighted by atomic mass is 19.1. The fourth-order valence-electron chi connectivity index (χ4n) is 1.74. The maximum Gasteiger partial charge on any atom is 0.249 e. The van der Waals surface area contributed by atoms with Crippen molar-refractivity contribution in [1.82, 2.24) is 15.2 Å². The third kappa shape index (κ3) is 3.37. The second-order valence-electron chi connectivity index (χ2n) is 3.95. The standard InChI is InChI=1S/C13H16FN5/c1-3-19(4-2)12-9-15-18-13(17-12)16-11-7-5-6-10(14)8-11/h5-9H,3-4H2,1-2H3,(H,16,17,18). The van der Waals surface area contributed by atoms with E-state index >= 15 is 0 Å². The van der Waals surface area contributed by atoms with Gasteiger partial charge in [-0.15, -0.1) is 5.10 Å². The molecule has 0 saturated heterocycles. The van der Waals surface area contributed by atoms with E-state index in [-0.39, 0.29) is 5.82 Å². The van der Waals surface area contributed by atoms with E-state index in [1.54, 1.807) is 18.3 Å². The molecule has 1 aromatic carbocycles.